The average molecular weight is 497 g/mol. The molecule has 1 aliphatic carbocycles. The van der Waals surface area contributed by atoms with Gasteiger partial charge in [0.2, 0.25) is 11.8 Å². The van der Waals surface area contributed by atoms with Gasteiger partial charge in [-0.1, -0.05) is 78.9 Å². The van der Waals surface area contributed by atoms with Crippen molar-refractivity contribution in [3.05, 3.63) is 95.7 Å². The molecule has 1 heterocycles. The number of ether oxygens (including phenoxy) is 1. The Morgan fingerprint density at radius 1 is 1.03 bits per heavy atom. The van der Waals surface area contributed by atoms with Gasteiger partial charge in [0.15, 0.2) is 0 Å². The van der Waals surface area contributed by atoms with Crippen LogP contribution in [0.1, 0.15) is 43.7 Å². The summed E-state index contributed by atoms with van der Waals surface area (Å²) in [5, 5.41) is 5.11. The van der Waals surface area contributed by atoms with Gasteiger partial charge in [-0.15, -0.1) is 0 Å². The van der Waals surface area contributed by atoms with Crippen molar-refractivity contribution in [2.24, 2.45) is 11.3 Å². The van der Waals surface area contributed by atoms with Crippen LogP contribution in [0.5, 0.6) is 0 Å². The number of amides is 2. The molecule has 190 valence electrons. The summed E-state index contributed by atoms with van der Waals surface area (Å²) >= 11 is 0. The molecule has 2 aliphatic rings. The van der Waals surface area contributed by atoms with Crippen LogP contribution in [-0.4, -0.2) is 29.3 Å². The number of carbonyl (C=O) groups excluding carboxylic acids is 3. The summed E-state index contributed by atoms with van der Waals surface area (Å²) in [6, 6.07) is 23.8. The molecule has 37 heavy (non-hydrogen) atoms. The minimum atomic E-state index is -0.904. The van der Waals surface area contributed by atoms with Crippen LogP contribution < -0.4 is 5.32 Å². The third-order valence-electron chi connectivity index (χ3n) is 7.54. The smallest absolute Gasteiger partial charge is 0.318 e. The Balaban J connectivity index is 1.43. The first kappa shape index (κ1) is 24.8. The van der Waals surface area contributed by atoms with Gasteiger partial charge in [0, 0.05) is 24.6 Å². The zero-order valence-corrected chi connectivity index (χ0v) is 21.1. The zero-order chi connectivity index (χ0) is 25.8. The zero-order valence-electron chi connectivity index (χ0n) is 21.1. The van der Waals surface area contributed by atoms with Crippen LogP contribution in [0.4, 0.5) is 0 Å². The molecule has 1 saturated heterocycles. The molecule has 0 bridgehead atoms. The summed E-state index contributed by atoms with van der Waals surface area (Å²) in [6.07, 6.45) is 3.61. The van der Waals surface area contributed by atoms with E-state index >= 15 is 0 Å². The van der Waals surface area contributed by atoms with Gasteiger partial charge in [-0.25, -0.2) is 0 Å². The first-order valence-corrected chi connectivity index (χ1v) is 13.0. The number of rotatable bonds is 8. The summed E-state index contributed by atoms with van der Waals surface area (Å²) in [5.74, 6) is -1.22. The molecule has 5 rings (SSSR count). The number of esters is 1. The van der Waals surface area contributed by atoms with Gasteiger partial charge in [0.1, 0.15) is 5.41 Å². The normalized spacial score (nSPS) is 20.9. The van der Waals surface area contributed by atoms with Crippen LogP contribution in [0.3, 0.4) is 0 Å². The first-order valence-electron chi connectivity index (χ1n) is 13.0. The molecule has 0 aromatic heterocycles. The van der Waals surface area contributed by atoms with Crippen LogP contribution in [0.15, 0.2) is 84.6 Å². The molecule has 3 aromatic carbocycles. The van der Waals surface area contributed by atoms with E-state index < -0.39 is 11.3 Å². The lowest BCUT2D eigenvalue weighted by atomic mass is 9.71. The van der Waals surface area contributed by atoms with Crippen molar-refractivity contribution < 1.29 is 19.1 Å². The maximum absolute atomic E-state index is 13.9. The Hall–Kier alpha value is -3.93. The Morgan fingerprint density at radius 3 is 2.59 bits per heavy atom. The number of carbonyl (C=O) groups is 3. The number of hydrogen-bond acceptors (Lipinski definition) is 4. The highest BCUT2D eigenvalue weighted by molar-refractivity contribution is 5.93. The number of piperidine rings is 1. The predicted octanol–water partition coefficient (Wildman–Crippen LogP) is 5.12. The second-order valence-corrected chi connectivity index (χ2v) is 9.86. The lowest BCUT2D eigenvalue weighted by Gasteiger charge is -2.44. The van der Waals surface area contributed by atoms with E-state index in [1.165, 1.54) is 0 Å². The summed E-state index contributed by atoms with van der Waals surface area (Å²) in [6.45, 7) is 2.81. The van der Waals surface area contributed by atoms with E-state index in [1.54, 1.807) is 11.8 Å². The molecule has 6 heteroatoms. The molecular weight excluding hydrogens is 464 g/mol. The van der Waals surface area contributed by atoms with E-state index in [0.29, 0.717) is 32.4 Å². The number of fused-ring (bicyclic) bond motifs is 2. The summed E-state index contributed by atoms with van der Waals surface area (Å²) in [7, 11) is 0. The summed E-state index contributed by atoms with van der Waals surface area (Å²) < 4.78 is 5.53. The molecule has 0 saturated carbocycles. The molecular formula is C31H32N2O4. The molecule has 1 aliphatic heterocycles. The Kier molecular flexibility index (Phi) is 7.08. The van der Waals surface area contributed by atoms with Gasteiger partial charge < -0.3 is 15.0 Å². The van der Waals surface area contributed by atoms with E-state index in [2.05, 4.69) is 23.5 Å². The highest BCUT2D eigenvalue weighted by atomic mass is 16.5. The number of allylic oxidation sites excluding steroid dienone is 1. The van der Waals surface area contributed by atoms with E-state index in [1.807, 2.05) is 60.7 Å². The van der Waals surface area contributed by atoms with Gasteiger partial charge in [0.25, 0.3) is 0 Å². The SMILES string of the molecule is CCOC(=O)[C@]12CCC=C1N(Cc1cccc3ccccc13)C(=O)[C@H](CC(=O)NCc1ccccc1)C2. The minimum Gasteiger partial charge on any atom is -0.465 e. The minimum absolute atomic E-state index is 0.0339. The molecule has 1 fully saturated rings. The van der Waals surface area contributed by atoms with Crippen LogP contribution >= 0.6 is 0 Å². The molecule has 2 atom stereocenters. The van der Waals surface area contributed by atoms with Crippen molar-refractivity contribution in [3.63, 3.8) is 0 Å². The van der Waals surface area contributed by atoms with E-state index in [4.69, 9.17) is 4.74 Å². The van der Waals surface area contributed by atoms with Crippen molar-refractivity contribution >= 4 is 28.6 Å². The third-order valence-corrected chi connectivity index (χ3v) is 7.54. The largest absolute Gasteiger partial charge is 0.465 e. The van der Waals surface area contributed by atoms with Crippen molar-refractivity contribution in [2.75, 3.05) is 6.61 Å². The summed E-state index contributed by atoms with van der Waals surface area (Å²) in [5.41, 5.74) is 1.82. The van der Waals surface area contributed by atoms with Crippen LogP contribution in [0.2, 0.25) is 0 Å². The second-order valence-electron chi connectivity index (χ2n) is 9.86. The van der Waals surface area contributed by atoms with E-state index in [-0.39, 0.29) is 30.8 Å². The van der Waals surface area contributed by atoms with Gasteiger partial charge >= 0.3 is 5.97 Å². The predicted molar refractivity (Wildman–Crippen MR) is 142 cm³/mol. The number of nitrogens with zero attached hydrogens (tertiary/aromatic N) is 1. The first-order chi connectivity index (χ1) is 18.0. The van der Waals surface area contributed by atoms with Crippen molar-refractivity contribution in [1.82, 2.24) is 10.2 Å². The number of benzene rings is 3. The van der Waals surface area contributed by atoms with E-state index in [0.717, 1.165) is 27.6 Å². The Bertz CT molecular complexity index is 1340. The fourth-order valence-corrected chi connectivity index (χ4v) is 5.78. The van der Waals surface area contributed by atoms with Crippen LogP contribution in [0.25, 0.3) is 10.8 Å². The quantitative estimate of drug-likeness (QED) is 0.439. The number of nitrogens with one attached hydrogen (secondary N) is 1. The Morgan fingerprint density at radius 2 is 1.78 bits per heavy atom. The van der Waals surface area contributed by atoms with Gasteiger partial charge in [0.05, 0.1) is 13.2 Å². The monoisotopic (exact) mass is 496 g/mol. The highest BCUT2D eigenvalue weighted by Crippen LogP contribution is 2.51. The molecule has 0 unspecified atom stereocenters. The third kappa shape index (κ3) is 4.88. The standard InChI is InChI=1S/C31H32N2O4/c1-2-37-30(36)31-17-9-16-27(31)33(21-24-14-8-13-23-12-6-7-15-26(23)24)29(35)25(19-31)18-28(34)32-20-22-10-4-3-5-11-22/h3-8,10-16,25H,2,9,17-21H2,1H3,(H,32,34)/t25-,31+/m1/s1. The molecule has 2 amide bonds. The molecule has 6 nitrogen and oxygen atoms in total. The maximum atomic E-state index is 13.9. The highest BCUT2D eigenvalue weighted by Gasteiger charge is 2.55. The van der Waals surface area contributed by atoms with Crippen molar-refractivity contribution in [3.8, 4) is 0 Å². The average Bonchev–Trinajstić information content (AvgIpc) is 3.35. The van der Waals surface area contributed by atoms with E-state index in [9.17, 15) is 14.4 Å². The van der Waals surface area contributed by atoms with Crippen molar-refractivity contribution in [1.29, 1.82) is 0 Å². The lowest BCUT2D eigenvalue weighted by Crippen LogP contribution is -2.52. The fourth-order valence-electron chi connectivity index (χ4n) is 5.78. The number of likely N-dealkylation sites (tertiary alicyclic amines) is 1. The van der Waals surface area contributed by atoms with Crippen LogP contribution in [0, 0.1) is 11.3 Å². The molecule has 3 aromatic rings. The topological polar surface area (TPSA) is 75.7 Å². The lowest BCUT2D eigenvalue weighted by molar-refractivity contribution is -0.161. The Labute approximate surface area is 217 Å². The number of hydrogen-bond donors (Lipinski definition) is 1. The maximum Gasteiger partial charge on any atom is 0.318 e. The fraction of sp³-hybridized carbons (Fsp3) is 0.323. The molecule has 0 radical (unpaired) electrons. The second kappa shape index (κ2) is 10.6. The van der Waals surface area contributed by atoms with Crippen LogP contribution in [-0.2, 0) is 32.2 Å². The molecule has 0 spiro atoms. The summed E-state index contributed by atoms with van der Waals surface area (Å²) in [4.78, 5) is 41.9. The van der Waals surface area contributed by atoms with Gasteiger partial charge in [-0.3, -0.25) is 14.4 Å². The van der Waals surface area contributed by atoms with Crippen molar-refractivity contribution in [2.45, 2.75) is 45.7 Å². The van der Waals surface area contributed by atoms with Gasteiger partial charge in [-0.2, -0.15) is 0 Å². The molecule has 1 N–H and O–H groups in total. The van der Waals surface area contributed by atoms with Gasteiger partial charge in [-0.05, 0) is 48.1 Å².